The van der Waals surface area contributed by atoms with Gasteiger partial charge in [0.2, 0.25) is 0 Å². The number of carbonyl (C=O) groups excluding carboxylic acids is 2. The zero-order chi connectivity index (χ0) is 19.3. The number of hydrogen-bond acceptors (Lipinski definition) is 3. The molecule has 0 fully saturated rings. The SMILES string of the molecule is CC(=O)c1ccc(C2=C/C(=C3\C(=O)Nc4cc(F)ccc43)OC2(C)C)cc1. The molecule has 0 saturated carbocycles. The highest BCUT2D eigenvalue weighted by Gasteiger charge is 2.38. The van der Waals surface area contributed by atoms with Crippen molar-refractivity contribution in [2.75, 3.05) is 5.32 Å². The highest BCUT2D eigenvalue weighted by Crippen LogP contribution is 2.44. The summed E-state index contributed by atoms with van der Waals surface area (Å²) in [5, 5.41) is 2.68. The van der Waals surface area contributed by atoms with E-state index in [1.54, 1.807) is 18.2 Å². The molecular formula is C22H18FNO3. The summed E-state index contributed by atoms with van der Waals surface area (Å²) in [6.07, 6.45) is 1.84. The fourth-order valence-corrected chi connectivity index (χ4v) is 3.49. The van der Waals surface area contributed by atoms with E-state index < -0.39 is 11.4 Å². The van der Waals surface area contributed by atoms with E-state index in [1.165, 1.54) is 19.1 Å². The van der Waals surface area contributed by atoms with Gasteiger partial charge in [-0.05, 0) is 50.6 Å². The van der Waals surface area contributed by atoms with E-state index in [4.69, 9.17) is 4.74 Å². The third-order valence-electron chi connectivity index (χ3n) is 4.86. The lowest BCUT2D eigenvalue weighted by Crippen LogP contribution is -2.21. The molecule has 0 bridgehead atoms. The van der Waals surface area contributed by atoms with Crippen LogP contribution in [-0.2, 0) is 9.53 Å². The first-order valence-electron chi connectivity index (χ1n) is 8.64. The van der Waals surface area contributed by atoms with Crippen LogP contribution in [0.5, 0.6) is 0 Å². The van der Waals surface area contributed by atoms with Crippen molar-refractivity contribution < 1.29 is 18.7 Å². The predicted octanol–water partition coefficient (Wildman–Crippen LogP) is 4.58. The topological polar surface area (TPSA) is 55.4 Å². The number of anilines is 1. The molecule has 1 amide bonds. The van der Waals surface area contributed by atoms with Crippen molar-refractivity contribution >= 4 is 28.5 Å². The van der Waals surface area contributed by atoms with Crippen LogP contribution >= 0.6 is 0 Å². The Morgan fingerprint density at radius 3 is 2.48 bits per heavy atom. The van der Waals surface area contributed by atoms with E-state index in [2.05, 4.69) is 5.32 Å². The molecule has 136 valence electrons. The lowest BCUT2D eigenvalue weighted by molar-refractivity contribution is -0.111. The van der Waals surface area contributed by atoms with Crippen LogP contribution in [-0.4, -0.2) is 17.3 Å². The summed E-state index contributed by atoms with van der Waals surface area (Å²) in [4.78, 5) is 24.0. The van der Waals surface area contributed by atoms with Gasteiger partial charge in [0.25, 0.3) is 5.91 Å². The number of rotatable bonds is 2. The smallest absolute Gasteiger partial charge is 0.260 e. The monoisotopic (exact) mass is 363 g/mol. The van der Waals surface area contributed by atoms with Crippen LogP contribution in [0.1, 0.15) is 42.3 Å². The van der Waals surface area contributed by atoms with Crippen LogP contribution in [0.3, 0.4) is 0 Å². The van der Waals surface area contributed by atoms with Gasteiger partial charge in [0.05, 0.1) is 11.3 Å². The van der Waals surface area contributed by atoms with Gasteiger partial charge in [-0.1, -0.05) is 24.3 Å². The summed E-state index contributed by atoms with van der Waals surface area (Å²) in [5.41, 5.74) is 3.27. The van der Waals surface area contributed by atoms with E-state index >= 15 is 0 Å². The number of amides is 1. The number of ketones is 1. The molecule has 2 aromatic rings. The van der Waals surface area contributed by atoms with Crippen LogP contribution in [0, 0.1) is 5.82 Å². The van der Waals surface area contributed by atoms with Gasteiger partial charge in [0.1, 0.15) is 17.2 Å². The molecule has 4 rings (SSSR count). The summed E-state index contributed by atoms with van der Waals surface area (Å²) in [5.74, 6) is -0.263. The third-order valence-corrected chi connectivity index (χ3v) is 4.86. The Kier molecular flexibility index (Phi) is 3.77. The van der Waals surface area contributed by atoms with Crippen LogP contribution < -0.4 is 5.32 Å². The molecule has 2 heterocycles. The van der Waals surface area contributed by atoms with Crippen LogP contribution in [0.25, 0.3) is 11.1 Å². The summed E-state index contributed by atoms with van der Waals surface area (Å²) in [6, 6.07) is 11.5. The first-order valence-corrected chi connectivity index (χ1v) is 8.64. The largest absolute Gasteiger partial charge is 0.482 e. The molecule has 2 aromatic carbocycles. The molecule has 0 saturated heterocycles. The molecule has 0 spiro atoms. The van der Waals surface area contributed by atoms with Gasteiger partial charge < -0.3 is 10.1 Å². The second-order valence-electron chi connectivity index (χ2n) is 7.19. The number of ether oxygens (including phenoxy) is 1. The second kappa shape index (κ2) is 5.91. The predicted molar refractivity (Wildman–Crippen MR) is 102 cm³/mol. The Labute approximate surface area is 156 Å². The molecular weight excluding hydrogens is 345 g/mol. The zero-order valence-corrected chi connectivity index (χ0v) is 15.2. The van der Waals surface area contributed by atoms with Crippen molar-refractivity contribution in [3.05, 3.63) is 76.8 Å². The molecule has 1 N–H and O–H groups in total. The highest BCUT2D eigenvalue weighted by molar-refractivity contribution is 6.32. The Morgan fingerprint density at radius 1 is 1.11 bits per heavy atom. The van der Waals surface area contributed by atoms with Gasteiger partial charge in [0, 0.05) is 16.7 Å². The molecule has 4 nitrogen and oxygen atoms in total. The normalized spacial score (nSPS) is 20.0. The molecule has 27 heavy (non-hydrogen) atoms. The van der Waals surface area contributed by atoms with Crippen molar-refractivity contribution in [2.24, 2.45) is 0 Å². The van der Waals surface area contributed by atoms with Crippen molar-refractivity contribution in [3.63, 3.8) is 0 Å². The van der Waals surface area contributed by atoms with Crippen molar-refractivity contribution in [3.8, 4) is 0 Å². The van der Waals surface area contributed by atoms with Crippen molar-refractivity contribution in [2.45, 2.75) is 26.4 Å². The summed E-state index contributed by atoms with van der Waals surface area (Å²) >= 11 is 0. The number of nitrogens with one attached hydrogen (secondary N) is 1. The highest BCUT2D eigenvalue weighted by atomic mass is 19.1. The van der Waals surface area contributed by atoms with Crippen molar-refractivity contribution in [1.82, 2.24) is 0 Å². The average Bonchev–Trinajstić information content (AvgIpc) is 3.09. The number of fused-ring (bicyclic) bond motifs is 1. The maximum Gasteiger partial charge on any atom is 0.260 e. The van der Waals surface area contributed by atoms with Gasteiger partial charge in [-0.15, -0.1) is 0 Å². The molecule has 2 aliphatic rings. The van der Waals surface area contributed by atoms with Gasteiger partial charge in [0.15, 0.2) is 5.78 Å². The fraction of sp³-hybridized carbons (Fsp3) is 0.182. The van der Waals surface area contributed by atoms with Crippen LogP contribution in [0.4, 0.5) is 10.1 Å². The first kappa shape index (κ1) is 17.2. The number of carbonyl (C=O) groups is 2. The number of benzene rings is 2. The van der Waals surface area contributed by atoms with Crippen LogP contribution in [0.2, 0.25) is 0 Å². The Hall–Kier alpha value is -3.21. The van der Waals surface area contributed by atoms with Gasteiger partial charge in [-0.3, -0.25) is 9.59 Å². The lowest BCUT2D eigenvalue weighted by atomic mass is 9.91. The van der Waals surface area contributed by atoms with E-state index in [1.807, 2.05) is 32.1 Å². The maximum atomic E-state index is 13.5. The molecule has 5 heteroatoms. The van der Waals surface area contributed by atoms with E-state index in [0.29, 0.717) is 28.1 Å². The van der Waals surface area contributed by atoms with Gasteiger partial charge in [-0.25, -0.2) is 4.39 Å². The number of hydrogen-bond donors (Lipinski definition) is 1. The summed E-state index contributed by atoms with van der Waals surface area (Å²) < 4.78 is 19.6. The number of halogens is 1. The number of allylic oxidation sites excluding steroid dienone is 1. The molecule has 0 atom stereocenters. The minimum Gasteiger partial charge on any atom is -0.482 e. The number of Topliss-reactive ketones (excluding diaryl/α,β-unsaturated/α-hetero) is 1. The molecule has 0 radical (unpaired) electrons. The average molecular weight is 363 g/mol. The standard InChI is InChI=1S/C22H18FNO3/c1-12(25)13-4-6-14(7-5-13)17-11-19(27-22(17,2)3)20-16-9-8-15(23)10-18(16)24-21(20)26/h4-11H,1-3H3,(H,24,26)/b20-19+. The van der Waals surface area contributed by atoms with E-state index in [9.17, 15) is 14.0 Å². The zero-order valence-electron chi connectivity index (χ0n) is 15.2. The quantitative estimate of drug-likeness (QED) is 0.627. The molecule has 2 aliphatic heterocycles. The Bertz CT molecular complexity index is 1050. The Balaban J connectivity index is 1.82. The van der Waals surface area contributed by atoms with E-state index in [-0.39, 0.29) is 11.7 Å². The second-order valence-corrected chi connectivity index (χ2v) is 7.19. The van der Waals surface area contributed by atoms with Crippen LogP contribution in [0.15, 0.2) is 54.3 Å². The Morgan fingerprint density at radius 2 is 1.81 bits per heavy atom. The summed E-state index contributed by atoms with van der Waals surface area (Å²) in [7, 11) is 0. The lowest BCUT2D eigenvalue weighted by Gasteiger charge is -2.23. The molecule has 0 aliphatic carbocycles. The fourth-order valence-electron chi connectivity index (χ4n) is 3.49. The summed E-state index contributed by atoms with van der Waals surface area (Å²) in [6.45, 7) is 5.37. The maximum absolute atomic E-state index is 13.5. The van der Waals surface area contributed by atoms with Gasteiger partial charge >= 0.3 is 0 Å². The minimum atomic E-state index is -0.650. The minimum absolute atomic E-state index is 0.00624. The third kappa shape index (κ3) is 2.85. The first-order chi connectivity index (χ1) is 12.8. The van der Waals surface area contributed by atoms with E-state index in [0.717, 1.165) is 11.1 Å². The van der Waals surface area contributed by atoms with Gasteiger partial charge in [-0.2, -0.15) is 0 Å². The van der Waals surface area contributed by atoms with Crippen molar-refractivity contribution in [1.29, 1.82) is 0 Å². The molecule has 0 aromatic heterocycles. The molecule has 0 unspecified atom stereocenters.